The van der Waals surface area contributed by atoms with Crippen LogP contribution in [-0.2, 0) is 0 Å². The third-order valence-corrected chi connectivity index (χ3v) is 9.46. The Hall–Kier alpha value is -3.01. The van der Waals surface area contributed by atoms with Crippen LogP contribution in [-0.4, -0.2) is 89.9 Å². The van der Waals surface area contributed by atoms with E-state index < -0.39 is 0 Å². The maximum atomic E-state index is 12.8. The van der Waals surface area contributed by atoms with Gasteiger partial charge in [-0.25, -0.2) is 4.98 Å². The molecule has 0 unspecified atom stereocenters. The van der Waals surface area contributed by atoms with Crippen molar-refractivity contribution < 1.29 is 9.53 Å². The third kappa shape index (κ3) is 6.01. The first-order valence-electron chi connectivity index (χ1n) is 15.0. The van der Waals surface area contributed by atoms with Gasteiger partial charge >= 0.3 is 0 Å². The lowest BCUT2D eigenvalue weighted by Crippen LogP contribution is -2.47. The lowest BCUT2D eigenvalue weighted by Gasteiger charge is -2.45. The fourth-order valence-electron chi connectivity index (χ4n) is 6.78. The first-order valence-corrected chi connectivity index (χ1v) is 15.0. The van der Waals surface area contributed by atoms with Gasteiger partial charge in [0, 0.05) is 49.5 Å². The summed E-state index contributed by atoms with van der Waals surface area (Å²) in [6, 6.07) is 9.68. The minimum atomic E-state index is -0.253. The fraction of sp³-hybridized carbons (Fsp3) is 0.581. The van der Waals surface area contributed by atoms with E-state index in [0.717, 1.165) is 42.5 Å². The van der Waals surface area contributed by atoms with E-state index in [1.807, 2.05) is 31.2 Å². The summed E-state index contributed by atoms with van der Waals surface area (Å²) in [5.74, 6) is 0.341. The summed E-state index contributed by atoms with van der Waals surface area (Å²) in [6.07, 6.45) is 9.80. The van der Waals surface area contributed by atoms with E-state index in [1.165, 1.54) is 65.0 Å². The van der Waals surface area contributed by atoms with Crippen LogP contribution in [0.5, 0.6) is 5.75 Å². The van der Waals surface area contributed by atoms with Crippen LogP contribution in [0, 0.1) is 12.3 Å². The maximum Gasteiger partial charge on any atom is 0.274 e. The summed E-state index contributed by atoms with van der Waals surface area (Å²) >= 11 is 0. The average Bonchev–Trinajstić information content (AvgIpc) is 3.40. The number of aryl methyl sites for hydroxylation is 1. The zero-order valence-electron chi connectivity index (χ0n) is 24.0. The summed E-state index contributed by atoms with van der Waals surface area (Å²) in [7, 11) is 1.61. The standard InChI is InChI=1S/C31H43N7O2/c1-23-4-3-5-26(33-23)30(39)34-28-20-24-22-38(35-27(24)21-29(28)40-2)25-6-14-36(15-7-25)18-19-37-16-10-31(11-17-37)8-12-32-13-9-31/h3-5,20-22,25,32H,6-19H2,1-2H3,(H,34,39). The number of hydrogen-bond donors (Lipinski definition) is 2. The molecule has 3 fully saturated rings. The average molecular weight is 546 g/mol. The predicted octanol–water partition coefficient (Wildman–Crippen LogP) is 4.10. The Morgan fingerprint density at radius 2 is 1.77 bits per heavy atom. The molecule has 3 aliphatic heterocycles. The second-order valence-electron chi connectivity index (χ2n) is 12.0. The fourth-order valence-corrected chi connectivity index (χ4v) is 6.78. The maximum absolute atomic E-state index is 12.8. The van der Waals surface area contributed by atoms with Crippen LogP contribution in [0.2, 0.25) is 0 Å². The largest absolute Gasteiger partial charge is 0.494 e. The summed E-state index contributed by atoms with van der Waals surface area (Å²) < 4.78 is 7.72. The number of hydrogen-bond acceptors (Lipinski definition) is 7. The van der Waals surface area contributed by atoms with Gasteiger partial charge in [0.2, 0.25) is 0 Å². The highest BCUT2D eigenvalue weighted by Crippen LogP contribution is 2.39. The number of anilines is 1. The molecule has 1 amide bonds. The predicted molar refractivity (Wildman–Crippen MR) is 158 cm³/mol. The molecular formula is C31H43N7O2. The molecule has 9 nitrogen and oxygen atoms in total. The summed E-state index contributed by atoms with van der Waals surface area (Å²) in [5, 5.41) is 12.4. The molecule has 1 aromatic carbocycles. The number of nitrogens with one attached hydrogen (secondary N) is 2. The minimum absolute atomic E-state index is 0.253. The number of rotatable bonds is 7. The summed E-state index contributed by atoms with van der Waals surface area (Å²) in [4.78, 5) is 22.5. The van der Waals surface area contributed by atoms with Crippen LogP contribution >= 0.6 is 0 Å². The molecule has 40 heavy (non-hydrogen) atoms. The van der Waals surface area contributed by atoms with E-state index >= 15 is 0 Å². The van der Waals surface area contributed by atoms with Crippen LogP contribution < -0.4 is 15.4 Å². The smallest absolute Gasteiger partial charge is 0.274 e. The number of fused-ring (bicyclic) bond motifs is 1. The number of likely N-dealkylation sites (tertiary alicyclic amines) is 2. The molecule has 214 valence electrons. The van der Waals surface area contributed by atoms with Crippen molar-refractivity contribution in [3.05, 3.63) is 47.9 Å². The lowest BCUT2D eigenvalue weighted by molar-refractivity contribution is 0.0642. The first kappa shape index (κ1) is 27.2. The SMILES string of the molecule is COc1cc2nn(C3CCN(CCN4CCC5(CCNCC5)CC4)CC3)cc2cc1NC(=O)c1cccc(C)n1. The Labute approximate surface area is 237 Å². The molecule has 3 saturated heterocycles. The van der Waals surface area contributed by atoms with Gasteiger partial charge in [-0.05, 0) is 95.2 Å². The molecule has 2 N–H and O–H groups in total. The van der Waals surface area contributed by atoms with Gasteiger partial charge in [0.05, 0.1) is 24.4 Å². The molecule has 2 aromatic heterocycles. The Balaban J connectivity index is 1.03. The number of pyridine rings is 1. The number of carbonyl (C=O) groups is 1. The van der Waals surface area contributed by atoms with Gasteiger partial charge in [-0.1, -0.05) is 6.07 Å². The minimum Gasteiger partial charge on any atom is -0.494 e. The molecule has 6 rings (SSSR count). The quantitative estimate of drug-likeness (QED) is 0.462. The zero-order valence-corrected chi connectivity index (χ0v) is 24.0. The van der Waals surface area contributed by atoms with E-state index in [-0.39, 0.29) is 5.91 Å². The molecule has 9 heteroatoms. The Morgan fingerprint density at radius 1 is 1.05 bits per heavy atom. The Bertz CT molecular complexity index is 1310. The van der Waals surface area contributed by atoms with Crippen LogP contribution in [0.3, 0.4) is 0 Å². The number of carbonyl (C=O) groups excluding carboxylic acids is 1. The molecule has 0 radical (unpaired) electrons. The van der Waals surface area contributed by atoms with E-state index in [4.69, 9.17) is 9.84 Å². The second-order valence-corrected chi connectivity index (χ2v) is 12.0. The van der Waals surface area contributed by atoms with E-state index in [2.05, 4.69) is 36.3 Å². The number of piperidine rings is 3. The van der Waals surface area contributed by atoms with Crippen molar-refractivity contribution in [2.24, 2.45) is 5.41 Å². The molecule has 0 saturated carbocycles. The Kier molecular flexibility index (Phi) is 8.05. The van der Waals surface area contributed by atoms with Crippen LogP contribution in [0.4, 0.5) is 5.69 Å². The zero-order chi connectivity index (χ0) is 27.5. The highest BCUT2D eigenvalue weighted by atomic mass is 16.5. The molecule has 1 spiro atoms. The summed E-state index contributed by atoms with van der Waals surface area (Å²) in [6.45, 7) is 11.4. The van der Waals surface area contributed by atoms with Crippen molar-refractivity contribution in [3.63, 3.8) is 0 Å². The number of benzene rings is 1. The van der Waals surface area contributed by atoms with Gasteiger partial charge in [-0.2, -0.15) is 5.10 Å². The topological polar surface area (TPSA) is 87.5 Å². The first-order chi connectivity index (χ1) is 19.5. The van der Waals surface area contributed by atoms with Crippen LogP contribution in [0.15, 0.2) is 36.5 Å². The number of ether oxygens (including phenoxy) is 1. The van der Waals surface area contributed by atoms with Gasteiger partial charge in [-0.15, -0.1) is 0 Å². The van der Waals surface area contributed by atoms with Crippen molar-refractivity contribution in [1.82, 2.24) is 29.9 Å². The number of methoxy groups -OCH3 is 1. The number of aromatic nitrogens is 3. The third-order valence-electron chi connectivity index (χ3n) is 9.46. The van der Waals surface area contributed by atoms with Gasteiger partial charge in [0.25, 0.3) is 5.91 Å². The van der Waals surface area contributed by atoms with Gasteiger partial charge in [-0.3, -0.25) is 9.48 Å². The second kappa shape index (κ2) is 11.8. The van der Waals surface area contributed by atoms with Crippen molar-refractivity contribution in [1.29, 1.82) is 0 Å². The van der Waals surface area contributed by atoms with Crippen molar-refractivity contribution in [3.8, 4) is 5.75 Å². The summed E-state index contributed by atoms with van der Waals surface area (Å²) in [5.41, 5.74) is 3.32. The van der Waals surface area contributed by atoms with Crippen LogP contribution in [0.1, 0.15) is 60.7 Å². The number of amides is 1. The van der Waals surface area contributed by atoms with Gasteiger partial charge in [0.15, 0.2) is 0 Å². The van der Waals surface area contributed by atoms with E-state index in [9.17, 15) is 4.79 Å². The normalized spacial score (nSPS) is 20.6. The molecule has 3 aliphatic rings. The van der Waals surface area contributed by atoms with Crippen molar-refractivity contribution in [2.45, 2.75) is 51.5 Å². The molecule has 5 heterocycles. The lowest BCUT2D eigenvalue weighted by atomic mass is 9.71. The highest BCUT2D eigenvalue weighted by Gasteiger charge is 2.35. The van der Waals surface area contributed by atoms with Crippen molar-refractivity contribution >= 4 is 22.5 Å². The monoisotopic (exact) mass is 545 g/mol. The Morgan fingerprint density at radius 3 is 2.48 bits per heavy atom. The van der Waals surface area contributed by atoms with Crippen molar-refractivity contribution in [2.75, 3.05) is 64.8 Å². The van der Waals surface area contributed by atoms with Gasteiger partial charge in [0.1, 0.15) is 11.4 Å². The molecular weight excluding hydrogens is 502 g/mol. The van der Waals surface area contributed by atoms with E-state index in [1.54, 1.807) is 13.2 Å². The molecule has 0 bridgehead atoms. The highest BCUT2D eigenvalue weighted by molar-refractivity contribution is 6.05. The molecule has 0 aliphatic carbocycles. The van der Waals surface area contributed by atoms with Gasteiger partial charge < -0.3 is 25.2 Å². The number of nitrogens with zero attached hydrogens (tertiary/aromatic N) is 5. The molecule has 0 atom stereocenters. The van der Waals surface area contributed by atoms with Crippen LogP contribution in [0.25, 0.3) is 10.9 Å². The van der Waals surface area contributed by atoms with E-state index in [0.29, 0.717) is 28.6 Å². The molecule has 3 aromatic rings.